The zero-order chi connectivity index (χ0) is 15.8. The highest BCUT2D eigenvalue weighted by atomic mass is 35.5. The van der Waals surface area contributed by atoms with Crippen LogP contribution in [0.4, 0.5) is 0 Å². The lowest BCUT2D eigenvalue weighted by Crippen LogP contribution is -2.24. The van der Waals surface area contributed by atoms with Crippen molar-refractivity contribution in [3.8, 4) is 10.4 Å². The minimum Gasteiger partial charge on any atom is -0.310 e. The van der Waals surface area contributed by atoms with Crippen molar-refractivity contribution in [2.75, 3.05) is 6.54 Å². The Morgan fingerprint density at radius 1 is 1.22 bits per heavy atom. The van der Waals surface area contributed by atoms with Crippen molar-refractivity contribution in [1.29, 1.82) is 0 Å². The first kappa shape index (κ1) is 15.6. The van der Waals surface area contributed by atoms with Crippen molar-refractivity contribution in [2.24, 2.45) is 17.8 Å². The van der Waals surface area contributed by atoms with E-state index in [0.29, 0.717) is 10.0 Å². The lowest BCUT2D eigenvalue weighted by Gasteiger charge is -2.18. The second-order valence-electron chi connectivity index (χ2n) is 6.41. The van der Waals surface area contributed by atoms with E-state index < -0.39 is 0 Å². The Balaban J connectivity index is 1.36. The third-order valence-electron chi connectivity index (χ3n) is 4.85. The number of nitrogens with zero attached hydrogens (tertiary/aromatic N) is 1. The number of nitrogens with one attached hydrogen (secondary N) is 1. The summed E-state index contributed by atoms with van der Waals surface area (Å²) in [6.07, 6.45) is 9.41. The number of benzene rings is 1. The first-order valence-electron chi connectivity index (χ1n) is 7.98. The molecule has 2 nitrogen and oxygen atoms in total. The van der Waals surface area contributed by atoms with Gasteiger partial charge in [-0.05, 0) is 49.3 Å². The van der Waals surface area contributed by atoms with Crippen molar-refractivity contribution in [1.82, 2.24) is 10.3 Å². The van der Waals surface area contributed by atoms with Crippen molar-refractivity contribution < 1.29 is 0 Å². The normalized spacial score (nSPS) is 25.4. The van der Waals surface area contributed by atoms with Crippen molar-refractivity contribution >= 4 is 34.5 Å². The highest BCUT2D eigenvalue weighted by Crippen LogP contribution is 2.43. The maximum Gasteiger partial charge on any atom is 0.107 e. The number of thiazole rings is 1. The minimum absolute atomic E-state index is 0.657. The maximum atomic E-state index is 6.27. The predicted molar refractivity (Wildman–Crippen MR) is 98.1 cm³/mol. The van der Waals surface area contributed by atoms with Crippen LogP contribution in [0.1, 0.15) is 17.8 Å². The van der Waals surface area contributed by atoms with E-state index in [4.69, 9.17) is 23.2 Å². The van der Waals surface area contributed by atoms with Crippen LogP contribution in [-0.2, 0) is 6.54 Å². The van der Waals surface area contributed by atoms with Crippen molar-refractivity contribution in [2.45, 2.75) is 19.4 Å². The Labute approximate surface area is 150 Å². The van der Waals surface area contributed by atoms with E-state index in [2.05, 4.69) is 22.5 Å². The van der Waals surface area contributed by atoms with Crippen LogP contribution < -0.4 is 5.32 Å². The molecule has 0 spiro atoms. The van der Waals surface area contributed by atoms with Crippen LogP contribution in [0.5, 0.6) is 0 Å². The fourth-order valence-electron chi connectivity index (χ4n) is 3.70. The van der Waals surface area contributed by atoms with Crippen molar-refractivity contribution in [3.63, 3.8) is 0 Å². The fourth-order valence-corrected chi connectivity index (χ4v) is 5.19. The molecule has 3 atom stereocenters. The van der Waals surface area contributed by atoms with E-state index in [0.717, 1.165) is 46.3 Å². The number of halogens is 2. The standard InChI is InChI=1S/C18H18Cl2N2S/c19-14-3-4-15(16(20)7-14)17-9-22-18(23-17)10-21-8-13-6-11-1-2-12(13)5-11/h1-4,7,9,11-13,21H,5-6,8,10H2. The minimum atomic E-state index is 0.657. The van der Waals surface area contributed by atoms with Gasteiger partial charge in [0.15, 0.2) is 0 Å². The van der Waals surface area contributed by atoms with Crippen LogP contribution in [0.15, 0.2) is 36.5 Å². The number of aromatic nitrogens is 1. The van der Waals surface area contributed by atoms with Crippen LogP contribution >= 0.6 is 34.5 Å². The molecule has 1 aromatic heterocycles. The highest BCUT2D eigenvalue weighted by Gasteiger charge is 2.34. The lowest BCUT2D eigenvalue weighted by molar-refractivity contribution is 0.414. The molecular formula is C18H18Cl2N2S. The van der Waals surface area contributed by atoms with E-state index in [1.165, 1.54) is 12.8 Å². The molecule has 1 fully saturated rings. The van der Waals surface area contributed by atoms with E-state index in [1.54, 1.807) is 17.4 Å². The van der Waals surface area contributed by atoms with Gasteiger partial charge >= 0.3 is 0 Å². The summed E-state index contributed by atoms with van der Waals surface area (Å²) >= 11 is 13.9. The summed E-state index contributed by atoms with van der Waals surface area (Å²) in [4.78, 5) is 5.61. The molecule has 1 aromatic carbocycles. The Morgan fingerprint density at radius 3 is 2.87 bits per heavy atom. The summed E-state index contributed by atoms with van der Waals surface area (Å²) in [5, 5.41) is 6.01. The van der Waals surface area contributed by atoms with E-state index in [9.17, 15) is 0 Å². The molecule has 4 rings (SSSR count). The summed E-state index contributed by atoms with van der Waals surface area (Å²) < 4.78 is 0. The monoisotopic (exact) mass is 364 g/mol. The lowest BCUT2D eigenvalue weighted by atomic mass is 9.94. The first-order chi connectivity index (χ1) is 11.2. The van der Waals surface area contributed by atoms with E-state index in [-0.39, 0.29) is 0 Å². The Kier molecular flexibility index (Phi) is 4.46. The number of hydrogen-bond acceptors (Lipinski definition) is 3. The van der Waals surface area contributed by atoms with Gasteiger partial charge in [-0.3, -0.25) is 0 Å². The molecule has 0 saturated heterocycles. The average molecular weight is 365 g/mol. The van der Waals surface area contributed by atoms with E-state index in [1.807, 2.05) is 18.3 Å². The molecular weight excluding hydrogens is 347 g/mol. The first-order valence-corrected chi connectivity index (χ1v) is 9.55. The molecule has 2 aliphatic carbocycles. The zero-order valence-corrected chi connectivity index (χ0v) is 15.0. The number of allylic oxidation sites excluding steroid dienone is 2. The third-order valence-corrected chi connectivity index (χ3v) is 6.43. The zero-order valence-electron chi connectivity index (χ0n) is 12.6. The van der Waals surface area contributed by atoms with Gasteiger partial charge in [0, 0.05) is 23.3 Å². The molecule has 3 unspecified atom stereocenters. The summed E-state index contributed by atoms with van der Waals surface area (Å²) in [6, 6.07) is 5.60. The summed E-state index contributed by atoms with van der Waals surface area (Å²) in [5.74, 6) is 2.44. The van der Waals surface area contributed by atoms with Crippen molar-refractivity contribution in [3.05, 3.63) is 51.6 Å². The third kappa shape index (κ3) is 3.34. The topological polar surface area (TPSA) is 24.9 Å². The van der Waals surface area contributed by atoms with Gasteiger partial charge in [0.1, 0.15) is 5.01 Å². The average Bonchev–Trinajstić information content (AvgIpc) is 3.23. The quantitative estimate of drug-likeness (QED) is 0.716. The Bertz CT molecular complexity index is 740. The summed E-state index contributed by atoms with van der Waals surface area (Å²) in [7, 11) is 0. The molecule has 5 heteroatoms. The van der Waals surface area contributed by atoms with Gasteiger partial charge in [-0.15, -0.1) is 11.3 Å². The van der Waals surface area contributed by atoms with Gasteiger partial charge in [0.05, 0.1) is 9.90 Å². The maximum absolute atomic E-state index is 6.27. The van der Waals surface area contributed by atoms with Gasteiger partial charge in [0.2, 0.25) is 0 Å². The summed E-state index contributed by atoms with van der Waals surface area (Å²) in [5.41, 5.74) is 0.998. The largest absolute Gasteiger partial charge is 0.310 e. The van der Waals surface area contributed by atoms with Crippen LogP contribution in [-0.4, -0.2) is 11.5 Å². The van der Waals surface area contributed by atoms with Crippen LogP contribution in [0, 0.1) is 17.8 Å². The highest BCUT2D eigenvalue weighted by molar-refractivity contribution is 7.15. The number of rotatable bonds is 5. The van der Waals surface area contributed by atoms with Gasteiger partial charge in [-0.25, -0.2) is 4.98 Å². The van der Waals surface area contributed by atoms with Gasteiger partial charge in [0.25, 0.3) is 0 Å². The molecule has 0 aliphatic heterocycles. The molecule has 0 radical (unpaired) electrons. The smallest absolute Gasteiger partial charge is 0.107 e. The second kappa shape index (κ2) is 6.56. The van der Waals surface area contributed by atoms with Gasteiger partial charge < -0.3 is 5.32 Å². The Hall–Kier alpha value is -0.870. The summed E-state index contributed by atoms with van der Waals surface area (Å²) in [6.45, 7) is 1.91. The number of hydrogen-bond donors (Lipinski definition) is 1. The van der Waals surface area contributed by atoms with Gasteiger partial charge in [-0.2, -0.15) is 0 Å². The molecule has 120 valence electrons. The molecule has 1 saturated carbocycles. The molecule has 2 aromatic rings. The van der Waals surface area contributed by atoms with Crippen LogP contribution in [0.3, 0.4) is 0 Å². The second-order valence-corrected chi connectivity index (χ2v) is 8.37. The molecule has 2 aliphatic rings. The molecule has 0 amide bonds. The fraction of sp³-hybridized carbons (Fsp3) is 0.389. The molecule has 23 heavy (non-hydrogen) atoms. The molecule has 1 N–H and O–H groups in total. The SMILES string of the molecule is Clc1ccc(-c2cnc(CNCC3CC4C=CC3C4)s2)c(Cl)c1. The Morgan fingerprint density at radius 2 is 2.13 bits per heavy atom. The van der Waals surface area contributed by atoms with Crippen LogP contribution in [0.25, 0.3) is 10.4 Å². The number of fused-ring (bicyclic) bond motifs is 2. The molecule has 2 bridgehead atoms. The molecule has 1 heterocycles. The van der Waals surface area contributed by atoms with Crippen LogP contribution in [0.2, 0.25) is 10.0 Å². The van der Waals surface area contributed by atoms with Gasteiger partial charge in [-0.1, -0.05) is 41.4 Å². The van der Waals surface area contributed by atoms with E-state index >= 15 is 0 Å². The predicted octanol–water partition coefficient (Wildman–Crippen LogP) is 5.42.